The second-order valence-corrected chi connectivity index (χ2v) is 11.2. The maximum absolute atomic E-state index is 15.5. The van der Waals surface area contributed by atoms with Gasteiger partial charge in [0.15, 0.2) is 0 Å². The molecule has 2 aromatic heterocycles. The number of rotatable bonds is 3. The van der Waals surface area contributed by atoms with Gasteiger partial charge < -0.3 is 10.2 Å². The van der Waals surface area contributed by atoms with E-state index in [1.165, 1.54) is 12.1 Å². The number of aromatic nitrogens is 2. The molecule has 4 aromatic rings. The van der Waals surface area contributed by atoms with E-state index in [0.717, 1.165) is 34.5 Å². The maximum Gasteiger partial charge on any atom is 0.247 e. The van der Waals surface area contributed by atoms with Gasteiger partial charge in [0.05, 0.1) is 16.8 Å². The fraction of sp³-hybridized carbons (Fsp3) is 0.235. The van der Waals surface area contributed by atoms with E-state index in [4.69, 9.17) is 16.6 Å². The molecule has 42 heavy (non-hydrogen) atoms. The molecule has 0 spiro atoms. The summed E-state index contributed by atoms with van der Waals surface area (Å²) in [4.78, 5) is 37.4. The van der Waals surface area contributed by atoms with E-state index >= 15 is 4.39 Å². The Morgan fingerprint density at radius 1 is 0.952 bits per heavy atom. The van der Waals surface area contributed by atoms with Crippen molar-refractivity contribution in [3.8, 4) is 22.3 Å². The molecule has 6 rings (SSSR count). The number of anilines is 1. The van der Waals surface area contributed by atoms with Gasteiger partial charge in [-0.25, -0.2) is 4.39 Å². The number of fused-ring (bicyclic) bond motifs is 4. The maximum atomic E-state index is 15.5. The van der Waals surface area contributed by atoms with Crippen LogP contribution >= 0.6 is 11.6 Å². The van der Waals surface area contributed by atoms with E-state index in [1.807, 2.05) is 60.4 Å². The number of nitrogens with zero attached hydrogens (tertiary/aromatic N) is 3. The number of para-hydroxylation sites is 1. The highest BCUT2D eigenvalue weighted by Gasteiger charge is 2.31. The van der Waals surface area contributed by atoms with Gasteiger partial charge in [0.2, 0.25) is 11.8 Å². The fourth-order valence-electron chi connectivity index (χ4n) is 5.91. The average Bonchev–Trinajstić information content (AvgIpc) is 3.01. The number of hydrogen-bond donors (Lipinski definition) is 1. The lowest BCUT2D eigenvalue weighted by molar-refractivity contribution is -0.129. The molecule has 2 aliphatic heterocycles. The molecule has 6 nitrogen and oxygen atoms in total. The normalized spacial score (nSPS) is 19.2. The van der Waals surface area contributed by atoms with Gasteiger partial charge in [-0.3, -0.25) is 19.6 Å². The van der Waals surface area contributed by atoms with Crippen LogP contribution in [0.25, 0.3) is 27.8 Å². The van der Waals surface area contributed by atoms with Gasteiger partial charge in [0.1, 0.15) is 5.82 Å². The smallest absolute Gasteiger partial charge is 0.247 e. The van der Waals surface area contributed by atoms with E-state index in [0.29, 0.717) is 42.5 Å². The minimum atomic E-state index is -0.537. The van der Waals surface area contributed by atoms with Crippen molar-refractivity contribution in [3.05, 3.63) is 107 Å². The van der Waals surface area contributed by atoms with E-state index in [-0.39, 0.29) is 28.8 Å². The number of nitrogens with one attached hydrogen (secondary N) is 1. The quantitative estimate of drug-likeness (QED) is 0.269. The van der Waals surface area contributed by atoms with Crippen LogP contribution in [-0.4, -0.2) is 33.2 Å². The van der Waals surface area contributed by atoms with Crippen molar-refractivity contribution in [2.24, 2.45) is 5.92 Å². The van der Waals surface area contributed by atoms with E-state index < -0.39 is 5.82 Å². The summed E-state index contributed by atoms with van der Waals surface area (Å²) in [5.41, 5.74) is 5.76. The Hall–Kier alpha value is -4.36. The molecule has 0 radical (unpaired) electrons. The van der Waals surface area contributed by atoms with Crippen LogP contribution in [0.4, 0.5) is 10.1 Å². The lowest BCUT2D eigenvalue weighted by Crippen LogP contribution is -2.38. The third kappa shape index (κ3) is 5.44. The molecular formula is C34H30ClFN4O2. The van der Waals surface area contributed by atoms with Crippen LogP contribution in [0.1, 0.15) is 49.9 Å². The molecule has 0 fully saturated rings. The zero-order chi connectivity index (χ0) is 29.2. The van der Waals surface area contributed by atoms with Crippen LogP contribution in [0.15, 0.2) is 85.3 Å². The minimum absolute atomic E-state index is 0.0114. The summed E-state index contributed by atoms with van der Waals surface area (Å²) in [6.07, 6.45) is 9.12. The van der Waals surface area contributed by atoms with Crippen LogP contribution in [0, 0.1) is 11.7 Å². The van der Waals surface area contributed by atoms with Crippen molar-refractivity contribution in [2.45, 2.75) is 38.6 Å². The van der Waals surface area contributed by atoms with E-state index in [2.05, 4.69) is 10.3 Å². The van der Waals surface area contributed by atoms with Crippen molar-refractivity contribution in [2.75, 3.05) is 11.9 Å². The van der Waals surface area contributed by atoms with Crippen molar-refractivity contribution >= 4 is 34.7 Å². The molecule has 8 heteroatoms. The molecule has 2 atom stereocenters. The second-order valence-electron chi connectivity index (χ2n) is 10.8. The molecule has 0 saturated carbocycles. The highest BCUT2D eigenvalue weighted by atomic mass is 35.5. The Balaban J connectivity index is 1.38. The number of halogens is 2. The molecule has 2 aromatic carbocycles. The third-order valence-corrected chi connectivity index (χ3v) is 8.46. The van der Waals surface area contributed by atoms with E-state index in [1.54, 1.807) is 24.7 Å². The zero-order valence-corrected chi connectivity index (χ0v) is 23.9. The Morgan fingerprint density at radius 3 is 2.55 bits per heavy atom. The Morgan fingerprint density at radius 2 is 1.74 bits per heavy atom. The van der Waals surface area contributed by atoms with Crippen LogP contribution in [-0.2, 0) is 9.59 Å². The molecule has 0 saturated heterocycles. The van der Waals surface area contributed by atoms with Crippen molar-refractivity contribution in [1.82, 2.24) is 14.9 Å². The summed E-state index contributed by atoms with van der Waals surface area (Å²) >= 11 is 6.22. The summed E-state index contributed by atoms with van der Waals surface area (Å²) in [6.45, 7) is 2.33. The summed E-state index contributed by atoms with van der Waals surface area (Å²) < 4.78 is 15.5. The van der Waals surface area contributed by atoms with Crippen LogP contribution in [0.2, 0.25) is 5.02 Å². The molecule has 2 bridgehead atoms. The number of benzene rings is 2. The third-order valence-electron chi connectivity index (χ3n) is 8.17. The first-order chi connectivity index (χ1) is 20.4. The van der Waals surface area contributed by atoms with Gasteiger partial charge in [0.25, 0.3) is 0 Å². The first kappa shape index (κ1) is 27.8. The van der Waals surface area contributed by atoms with Gasteiger partial charge in [-0.2, -0.15) is 0 Å². The largest absolute Gasteiger partial charge is 0.330 e. The predicted octanol–water partition coefficient (Wildman–Crippen LogP) is 7.72. The molecular weight excluding hydrogens is 551 g/mol. The molecule has 0 aliphatic carbocycles. The molecule has 4 heterocycles. The zero-order valence-electron chi connectivity index (χ0n) is 23.2. The summed E-state index contributed by atoms with van der Waals surface area (Å²) in [5, 5.41) is 3.10. The van der Waals surface area contributed by atoms with Crippen molar-refractivity contribution in [3.63, 3.8) is 0 Å². The van der Waals surface area contributed by atoms with Gasteiger partial charge in [-0.1, -0.05) is 49.2 Å². The van der Waals surface area contributed by atoms with Gasteiger partial charge in [-0.05, 0) is 77.9 Å². The Bertz CT molecular complexity index is 1690. The summed E-state index contributed by atoms with van der Waals surface area (Å²) in [5.74, 6) is -0.953. The lowest BCUT2D eigenvalue weighted by Gasteiger charge is -2.35. The summed E-state index contributed by atoms with van der Waals surface area (Å²) in [6, 6.07) is 18.3. The molecule has 212 valence electrons. The van der Waals surface area contributed by atoms with Crippen LogP contribution in [0.5, 0.6) is 0 Å². The van der Waals surface area contributed by atoms with Crippen molar-refractivity contribution < 1.29 is 14.0 Å². The van der Waals surface area contributed by atoms with Gasteiger partial charge in [-0.15, -0.1) is 0 Å². The topological polar surface area (TPSA) is 75.2 Å². The Labute approximate surface area is 249 Å². The minimum Gasteiger partial charge on any atom is -0.330 e. The highest BCUT2D eigenvalue weighted by molar-refractivity contribution is 6.31. The summed E-state index contributed by atoms with van der Waals surface area (Å²) in [7, 11) is 0. The number of carbonyl (C=O) groups excluding carboxylic acids is 2. The van der Waals surface area contributed by atoms with Gasteiger partial charge >= 0.3 is 0 Å². The Kier molecular flexibility index (Phi) is 7.85. The fourth-order valence-corrected chi connectivity index (χ4v) is 6.07. The SMILES string of the molecule is CC1CCC[C@H](N2CCC(c3c(-c4ccncc4)ccc(Cl)c3F)=CC2=O)c2cc(ccn2)-c2ccccc2NC1=O. The first-order valence-corrected chi connectivity index (χ1v) is 14.5. The lowest BCUT2D eigenvalue weighted by atomic mass is 9.89. The number of pyridine rings is 2. The number of carbonyl (C=O) groups is 2. The second kappa shape index (κ2) is 11.9. The molecule has 1 N–H and O–H groups in total. The van der Waals surface area contributed by atoms with Crippen molar-refractivity contribution in [1.29, 1.82) is 0 Å². The van der Waals surface area contributed by atoms with Crippen LogP contribution < -0.4 is 5.32 Å². The first-order valence-electron chi connectivity index (χ1n) is 14.2. The standard InChI is InChI=1S/C34H30ClFN4O2/c1-21-5-4-8-30(29-19-23(13-17-38-29)25-6-2-3-7-28(25)39-34(21)42)40-18-14-24(20-31(40)41)32-26(9-10-27(35)33(32)36)22-11-15-37-16-12-22/h2-3,6-7,9-13,15-17,19-21,30H,4-5,8,14,18H2,1H3,(H,39,42)/t21?,30-/m0/s1. The molecule has 2 amide bonds. The number of amides is 2. The monoisotopic (exact) mass is 580 g/mol. The highest BCUT2D eigenvalue weighted by Crippen LogP contribution is 2.40. The van der Waals surface area contributed by atoms with E-state index in [9.17, 15) is 9.59 Å². The predicted molar refractivity (Wildman–Crippen MR) is 163 cm³/mol. The van der Waals surface area contributed by atoms with Gasteiger partial charge in [0, 0.05) is 53.9 Å². The number of hydrogen-bond acceptors (Lipinski definition) is 4. The molecule has 1 unspecified atom stereocenters. The van der Waals surface area contributed by atoms with Crippen LogP contribution in [0.3, 0.4) is 0 Å². The molecule has 2 aliphatic rings. The average molecular weight is 581 g/mol.